The third kappa shape index (κ3) is 1.63. The van der Waals surface area contributed by atoms with Gasteiger partial charge in [-0.15, -0.1) is 0 Å². The fourth-order valence-electron chi connectivity index (χ4n) is 0.464. The highest BCUT2D eigenvalue weighted by atomic mass is 19.4. The summed E-state index contributed by atoms with van der Waals surface area (Å²) >= 11 is 0. The Hall–Kier alpha value is -1.20. The van der Waals surface area contributed by atoms with Crippen molar-refractivity contribution >= 4 is 0 Å². The van der Waals surface area contributed by atoms with Gasteiger partial charge in [-0.2, -0.15) is 17.6 Å². The molecule has 0 aliphatic rings. The van der Waals surface area contributed by atoms with Gasteiger partial charge in [0.15, 0.2) is 0 Å². The minimum absolute atomic E-state index is 0.657. The number of aromatic nitrogens is 2. The topological polar surface area (TPSA) is 25.8 Å². The third-order valence-corrected chi connectivity index (χ3v) is 0.895. The summed E-state index contributed by atoms with van der Waals surface area (Å²) in [6.45, 7) is 0. The summed E-state index contributed by atoms with van der Waals surface area (Å²) in [5.41, 5.74) is -1.57. The number of alkyl halides is 3. The van der Waals surface area contributed by atoms with Crippen molar-refractivity contribution in [2.45, 2.75) is 6.18 Å². The predicted octanol–water partition coefficient (Wildman–Crippen LogP) is 1.43. The molecule has 1 aromatic rings. The summed E-state index contributed by atoms with van der Waals surface area (Å²) in [6, 6.07) is 0. The Morgan fingerprint density at radius 2 is 2.00 bits per heavy atom. The molecular formula is C5HF4N2. The van der Waals surface area contributed by atoms with Gasteiger partial charge in [0.25, 0.3) is 0 Å². The van der Waals surface area contributed by atoms with Crippen molar-refractivity contribution in [2.75, 3.05) is 0 Å². The molecule has 1 rings (SSSR count). The van der Waals surface area contributed by atoms with Gasteiger partial charge in [0.2, 0.25) is 5.95 Å². The van der Waals surface area contributed by atoms with Gasteiger partial charge in [-0.05, 0) is 0 Å². The van der Waals surface area contributed by atoms with Gasteiger partial charge in [0.1, 0.15) is 18.1 Å². The van der Waals surface area contributed by atoms with E-state index < -0.39 is 17.7 Å². The molecule has 0 spiro atoms. The van der Waals surface area contributed by atoms with Crippen LogP contribution in [0.4, 0.5) is 17.6 Å². The third-order valence-electron chi connectivity index (χ3n) is 0.895. The minimum atomic E-state index is -4.77. The molecule has 1 radical (unpaired) electrons. The van der Waals surface area contributed by atoms with E-state index in [1.807, 2.05) is 0 Å². The van der Waals surface area contributed by atoms with Crippen LogP contribution in [0, 0.1) is 12.1 Å². The van der Waals surface area contributed by atoms with Crippen molar-refractivity contribution < 1.29 is 17.6 Å². The first-order chi connectivity index (χ1) is 5.02. The molecule has 0 N–H and O–H groups in total. The number of nitrogens with zero attached hydrogens (tertiary/aromatic N) is 2. The molecule has 0 bridgehead atoms. The van der Waals surface area contributed by atoms with Crippen LogP contribution in [0.5, 0.6) is 0 Å². The lowest BCUT2D eigenvalue weighted by atomic mass is 10.3. The molecule has 0 unspecified atom stereocenters. The summed E-state index contributed by atoms with van der Waals surface area (Å²) < 4.78 is 47.3. The van der Waals surface area contributed by atoms with E-state index in [4.69, 9.17) is 0 Å². The molecule has 11 heavy (non-hydrogen) atoms. The van der Waals surface area contributed by atoms with E-state index in [0.717, 1.165) is 0 Å². The summed E-state index contributed by atoms with van der Waals surface area (Å²) in [5, 5.41) is 0. The lowest BCUT2D eigenvalue weighted by Gasteiger charge is -2.03. The van der Waals surface area contributed by atoms with E-state index in [1.54, 1.807) is 0 Å². The van der Waals surface area contributed by atoms with Crippen LogP contribution in [0.2, 0.25) is 0 Å². The molecule has 0 saturated carbocycles. The Labute approximate surface area is 58.9 Å². The largest absolute Gasteiger partial charge is 0.422 e. The van der Waals surface area contributed by atoms with Crippen LogP contribution in [0.1, 0.15) is 5.56 Å². The molecule has 0 atom stereocenters. The maximum absolute atomic E-state index is 12.2. The first-order valence-corrected chi connectivity index (χ1v) is 2.47. The molecule has 0 aliphatic heterocycles. The van der Waals surface area contributed by atoms with E-state index in [1.165, 1.54) is 6.20 Å². The van der Waals surface area contributed by atoms with Crippen molar-refractivity contribution in [2.24, 2.45) is 0 Å². The number of hydrogen-bond donors (Lipinski definition) is 0. The highest BCUT2D eigenvalue weighted by Gasteiger charge is 2.35. The second-order valence-corrected chi connectivity index (χ2v) is 1.65. The van der Waals surface area contributed by atoms with Crippen molar-refractivity contribution in [1.82, 2.24) is 9.97 Å². The fraction of sp³-hybridized carbons (Fsp3) is 0.200. The van der Waals surface area contributed by atoms with Crippen LogP contribution < -0.4 is 0 Å². The zero-order chi connectivity index (χ0) is 8.48. The molecule has 2 nitrogen and oxygen atoms in total. The van der Waals surface area contributed by atoms with Crippen LogP contribution in [-0.4, -0.2) is 9.97 Å². The quantitative estimate of drug-likeness (QED) is 0.429. The summed E-state index contributed by atoms with van der Waals surface area (Å²) in [4.78, 5) is 5.63. The number of halogens is 4. The Bertz CT molecular complexity index is 257. The predicted molar refractivity (Wildman–Crippen MR) is 25.8 cm³/mol. The number of rotatable bonds is 0. The van der Waals surface area contributed by atoms with E-state index in [9.17, 15) is 17.6 Å². The molecule has 1 heterocycles. The Morgan fingerprint density at radius 3 is 2.36 bits per heavy atom. The molecule has 0 aromatic carbocycles. The second kappa shape index (κ2) is 2.44. The first-order valence-electron chi connectivity index (χ1n) is 2.47. The van der Waals surface area contributed by atoms with Crippen molar-refractivity contribution in [3.63, 3.8) is 0 Å². The smallest absolute Gasteiger partial charge is 0.234 e. The molecule has 1 aromatic heterocycles. The molecule has 0 saturated heterocycles. The van der Waals surface area contributed by atoms with Gasteiger partial charge in [0.05, 0.1) is 0 Å². The van der Waals surface area contributed by atoms with Crippen molar-refractivity contribution in [1.29, 1.82) is 0 Å². The Morgan fingerprint density at radius 1 is 1.36 bits per heavy atom. The van der Waals surface area contributed by atoms with Crippen LogP contribution in [0.15, 0.2) is 6.33 Å². The fourth-order valence-corrected chi connectivity index (χ4v) is 0.464. The van der Waals surface area contributed by atoms with E-state index in [2.05, 4.69) is 9.97 Å². The lowest BCUT2D eigenvalue weighted by Crippen LogP contribution is -2.10. The molecule has 0 amide bonds. The molecule has 0 fully saturated rings. The standard InChI is InChI=1S/C5HF4N2/c6-4-3(5(7,8)9)1-10-2-11-4/h2H. The van der Waals surface area contributed by atoms with Crippen LogP contribution in [0.25, 0.3) is 0 Å². The van der Waals surface area contributed by atoms with E-state index >= 15 is 0 Å². The molecular weight excluding hydrogens is 164 g/mol. The zero-order valence-corrected chi connectivity index (χ0v) is 4.98. The van der Waals surface area contributed by atoms with Crippen LogP contribution in [0.3, 0.4) is 0 Å². The lowest BCUT2D eigenvalue weighted by molar-refractivity contribution is -0.140. The average Bonchev–Trinajstić information content (AvgIpc) is 1.86. The van der Waals surface area contributed by atoms with Gasteiger partial charge < -0.3 is 0 Å². The van der Waals surface area contributed by atoms with Crippen LogP contribution >= 0.6 is 0 Å². The summed E-state index contributed by atoms with van der Waals surface area (Å²) in [7, 11) is 0. The van der Waals surface area contributed by atoms with Gasteiger partial charge in [-0.1, -0.05) is 0 Å². The van der Waals surface area contributed by atoms with E-state index in [0.29, 0.717) is 6.33 Å². The van der Waals surface area contributed by atoms with Crippen LogP contribution in [-0.2, 0) is 6.18 Å². The maximum atomic E-state index is 12.2. The zero-order valence-electron chi connectivity index (χ0n) is 4.98. The summed E-state index contributed by atoms with van der Waals surface area (Å²) in [5.74, 6) is -1.60. The van der Waals surface area contributed by atoms with Crippen molar-refractivity contribution in [3.8, 4) is 0 Å². The average molecular weight is 165 g/mol. The van der Waals surface area contributed by atoms with Gasteiger partial charge in [-0.25, -0.2) is 9.97 Å². The first kappa shape index (κ1) is 7.90. The Balaban J connectivity index is 3.14. The monoisotopic (exact) mass is 165 g/mol. The molecule has 6 heteroatoms. The highest BCUT2D eigenvalue weighted by Crippen LogP contribution is 2.28. The molecule has 0 aliphatic carbocycles. The normalized spacial score (nSPS) is 11.6. The molecule has 59 valence electrons. The van der Waals surface area contributed by atoms with Gasteiger partial charge in [0, 0.05) is 0 Å². The Kier molecular flexibility index (Phi) is 1.76. The minimum Gasteiger partial charge on any atom is -0.234 e. The van der Waals surface area contributed by atoms with Crippen molar-refractivity contribution in [3.05, 3.63) is 24.0 Å². The second-order valence-electron chi connectivity index (χ2n) is 1.65. The number of hydrogen-bond acceptors (Lipinski definition) is 2. The van der Waals surface area contributed by atoms with Gasteiger partial charge >= 0.3 is 6.18 Å². The SMILES string of the molecule is Fc1ncn[c]c1C(F)(F)F. The van der Waals surface area contributed by atoms with E-state index in [-0.39, 0.29) is 0 Å². The van der Waals surface area contributed by atoms with Gasteiger partial charge in [-0.3, -0.25) is 0 Å². The summed E-state index contributed by atoms with van der Waals surface area (Å²) in [6.07, 6.45) is -2.65. The maximum Gasteiger partial charge on any atom is 0.422 e. The highest BCUT2D eigenvalue weighted by molar-refractivity contribution is 5.07.